The van der Waals surface area contributed by atoms with Gasteiger partial charge in [-0.05, 0) is 50.2 Å². The lowest BCUT2D eigenvalue weighted by atomic mass is 10.1. The van der Waals surface area contributed by atoms with Crippen LogP contribution in [0.1, 0.15) is 24.2 Å². The molecule has 1 aromatic heterocycles. The van der Waals surface area contributed by atoms with Crippen molar-refractivity contribution in [2.45, 2.75) is 13.8 Å². The lowest BCUT2D eigenvalue weighted by Gasteiger charge is -2.12. The van der Waals surface area contributed by atoms with Crippen molar-refractivity contribution >= 4 is 28.9 Å². The van der Waals surface area contributed by atoms with E-state index in [0.717, 1.165) is 17.1 Å². The van der Waals surface area contributed by atoms with E-state index in [-0.39, 0.29) is 5.78 Å². The third-order valence-corrected chi connectivity index (χ3v) is 3.56. The van der Waals surface area contributed by atoms with Crippen molar-refractivity contribution in [1.82, 2.24) is 15.2 Å². The van der Waals surface area contributed by atoms with E-state index in [1.54, 1.807) is 24.3 Å². The standard InChI is InChI=1S/C19H19N5O2/c1-3-26-17-7-5-4-6-16(17)22-18-12-20-24-19(23-18)21-15-10-8-14(9-11-15)13(2)25/h4-12H,3H2,1-2H3,(H2,21,22,23,24). The van der Waals surface area contributed by atoms with Crippen LogP contribution in [0.3, 0.4) is 0 Å². The number of benzene rings is 2. The number of carbonyl (C=O) groups excluding carboxylic acids is 1. The van der Waals surface area contributed by atoms with Gasteiger partial charge in [-0.25, -0.2) is 0 Å². The number of para-hydroxylation sites is 2. The fraction of sp³-hybridized carbons (Fsp3) is 0.158. The zero-order chi connectivity index (χ0) is 18.4. The number of anilines is 4. The van der Waals surface area contributed by atoms with E-state index in [1.807, 2.05) is 31.2 Å². The summed E-state index contributed by atoms with van der Waals surface area (Å²) in [5, 5.41) is 14.2. The molecule has 2 aromatic carbocycles. The average molecular weight is 349 g/mol. The number of hydrogen-bond donors (Lipinski definition) is 2. The molecule has 7 nitrogen and oxygen atoms in total. The average Bonchev–Trinajstić information content (AvgIpc) is 2.64. The first-order valence-electron chi connectivity index (χ1n) is 8.22. The molecule has 132 valence electrons. The molecule has 0 unspecified atom stereocenters. The Morgan fingerprint density at radius 3 is 2.58 bits per heavy atom. The number of Topliss-reactive ketones (excluding diaryl/α,β-unsaturated/α-hetero) is 1. The minimum Gasteiger partial charge on any atom is -0.492 e. The molecule has 2 N–H and O–H groups in total. The highest BCUT2D eigenvalue weighted by molar-refractivity contribution is 5.94. The van der Waals surface area contributed by atoms with Gasteiger partial charge in [0.1, 0.15) is 5.75 Å². The second kappa shape index (κ2) is 8.06. The van der Waals surface area contributed by atoms with E-state index >= 15 is 0 Å². The van der Waals surface area contributed by atoms with Crippen LogP contribution >= 0.6 is 0 Å². The smallest absolute Gasteiger partial charge is 0.249 e. The molecule has 0 fully saturated rings. The highest BCUT2D eigenvalue weighted by Crippen LogP contribution is 2.26. The van der Waals surface area contributed by atoms with Gasteiger partial charge in [0.25, 0.3) is 0 Å². The Morgan fingerprint density at radius 1 is 1.08 bits per heavy atom. The summed E-state index contributed by atoms with van der Waals surface area (Å²) in [5.41, 5.74) is 2.22. The molecule has 1 heterocycles. The fourth-order valence-electron chi connectivity index (χ4n) is 2.32. The monoisotopic (exact) mass is 349 g/mol. The van der Waals surface area contributed by atoms with Crippen LogP contribution in [0.5, 0.6) is 5.75 Å². The number of nitrogens with one attached hydrogen (secondary N) is 2. The van der Waals surface area contributed by atoms with Crippen molar-refractivity contribution < 1.29 is 9.53 Å². The van der Waals surface area contributed by atoms with Crippen LogP contribution in [-0.4, -0.2) is 27.6 Å². The van der Waals surface area contributed by atoms with Crippen molar-refractivity contribution in [3.05, 3.63) is 60.3 Å². The molecule has 0 radical (unpaired) electrons. The third kappa shape index (κ3) is 4.32. The maximum atomic E-state index is 11.3. The van der Waals surface area contributed by atoms with Gasteiger partial charge >= 0.3 is 0 Å². The van der Waals surface area contributed by atoms with Crippen molar-refractivity contribution in [3.63, 3.8) is 0 Å². The minimum absolute atomic E-state index is 0.0219. The first kappa shape index (κ1) is 17.3. The Kier molecular flexibility index (Phi) is 5.38. The topological polar surface area (TPSA) is 89.0 Å². The zero-order valence-electron chi connectivity index (χ0n) is 14.6. The molecule has 0 spiro atoms. The van der Waals surface area contributed by atoms with Crippen molar-refractivity contribution in [1.29, 1.82) is 0 Å². The Labute approximate surface area is 151 Å². The number of ether oxygens (including phenoxy) is 1. The Balaban J connectivity index is 1.75. The van der Waals surface area contributed by atoms with E-state index < -0.39 is 0 Å². The second-order valence-electron chi connectivity index (χ2n) is 5.48. The van der Waals surface area contributed by atoms with E-state index in [2.05, 4.69) is 25.8 Å². The molecule has 7 heteroatoms. The maximum Gasteiger partial charge on any atom is 0.249 e. The summed E-state index contributed by atoms with van der Waals surface area (Å²) >= 11 is 0. The normalized spacial score (nSPS) is 10.2. The Morgan fingerprint density at radius 2 is 1.85 bits per heavy atom. The SMILES string of the molecule is CCOc1ccccc1Nc1cnnc(Nc2ccc(C(C)=O)cc2)n1. The van der Waals surface area contributed by atoms with Gasteiger partial charge in [-0.3, -0.25) is 4.79 Å². The highest BCUT2D eigenvalue weighted by atomic mass is 16.5. The van der Waals surface area contributed by atoms with Gasteiger partial charge < -0.3 is 15.4 Å². The summed E-state index contributed by atoms with van der Waals surface area (Å²) in [5.74, 6) is 1.64. The molecule has 0 aliphatic rings. The van der Waals surface area contributed by atoms with E-state index in [4.69, 9.17) is 4.74 Å². The maximum absolute atomic E-state index is 11.3. The number of hydrogen-bond acceptors (Lipinski definition) is 7. The van der Waals surface area contributed by atoms with Gasteiger partial charge in [0.2, 0.25) is 5.95 Å². The number of nitrogens with zero attached hydrogens (tertiary/aromatic N) is 3. The van der Waals surface area contributed by atoms with Crippen LogP contribution in [0.25, 0.3) is 0 Å². The molecule has 0 aliphatic heterocycles. The number of carbonyl (C=O) groups is 1. The predicted molar refractivity (Wildman–Crippen MR) is 100 cm³/mol. The lowest BCUT2D eigenvalue weighted by molar-refractivity contribution is 0.101. The first-order chi connectivity index (χ1) is 12.7. The highest BCUT2D eigenvalue weighted by Gasteiger charge is 2.06. The predicted octanol–water partition coefficient (Wildman–Crippen LogP) is 3.96. The van der Waals surface area contributed by atoms with Gasteiger partial charge in [0.15, 0.2) is 11.6 Å². The molecule has 0 amide bonds. The van der Waals surface area contributed by atoms with E-state index in [0.29, 0.717) is 23.9 Å². The van der Waals surface area contributed by atoms with Gasteiger partial charge in [-0.2, -0.15) is 10.1 Å². The molecule has 26 heavy (non-hydrogen) atoms. The molecule has 0 saturated heterocycles. The van der Waals surface area contributed by atoms with Gasteiger partial charge in [-0.1, -0.05) is 12.1 Å². The van der Waals surface area contributed by atoms with E-state index in [9.17, 15) is 4.79 Å². The molecular weight excluding hydrogens is 330 g/mol. The molecule has 3 rings (SSSR count). The van der Waals surface area contributed by atoms with Gasteiger partial charge in [0, 0.05) is 11.3 Å². The molecule has 0 aliphatic carbocycles. The molecule has 3 aromatic rings. The number of ketones is 1. The number of rotatable bonds is 7. The van der Waals surface area contributed by atoms with Crippen LogP contribution in [0, 0.1) is 0 Å². The molecule has 0 bridgehead atoms. The van der Waals surface area contributed by atoms with Crippen LogP contribution < -0.4 is 15.4 Å². The van der Waals surface area contributed by atoms with Crippen LogP contribution in [0.4, 0.5) is 23.1 Å². The Bertz CT molecular complexity index is 896. The lowest BCUT2D eigenvalue weighted by Crippen LogP contribution is -2.04. The zero-order valence-corrected chi connectivity index (χ0v) is 14.6. The van der Waals surface area contributed by atoms with Gasteiger partial charge in [-0.15, -0.1) is 5.10 Å². The molecular formula is C19H19N5O2. The van der Waals surface area contributed by atoms with Crippen molar-refractivity contribution in [2.24, 2.45) is 0 Å². The Hall–Kier alpha value is -3.48. The fourth-order valence-corrected chi connectivity index (χ4v) is 2.32. The number of aromatic nitrogens is 3. The summed E-state index contributed by atoms with van der Waals surface area (Å²) < 4.78 is 5.60. The minimum atomic E-state index is 0.0219. The summed E-state index contributed by atoms with van der Waals surface area (Å²) in [6.07, 6.45) is 1.53. The summed E-state index contributed by atoms with van der Waals surface area (Å²) in [4.78, 5) is 15.7. The third-order valence-electron chi connectivity index (χ3n) is 3.56. The second-order valence-corrected chi connectivity index (χ2v) is 5.48. The summed E-state index contributed by atoms with van der Waals surface area (Å²) in [6.45, 7) is 4.04. The van der Waals surface area contributed by atoms with Crippen molar-refractivity contribution in [2.75, 3.05) is 17.2 Å². The molecule has 0 atom stereocenters. The first-order valence-corrected chi connectivity index (χ1v) is 8.22. The van der Waals surface area contributed by atoms with Crippen LogP contribution in [0.15, 0.2) is 54.7 Å². The molecule has 0 saturated carbocycles. The van der Waals surface area contributed by atoms with Crippen molar-refractivity contribution in [3.8, 4) is 5.75 Å². The van der Waals surface area contributed by atoms with E-state index in [1.165, 1.54) is 13.1 Å². The summed E-state index contributed by atoms with van der Waals surface area (Å²) in [6, 6.07) is 14.7. The largest absolute Gasteiger partial charge is 0.492 e. The van der Waals surface area contributed by atoms with Gasteiger partial charge in [0.05, 0.1) is 18.5 Å². The van der Waals surface area contributed by atoms with Crippen LogP contribution in [-0.2, 0) is 0 Å². The summed E-state index contributed by atoms with van der Waals surface area (Å²) in [7, 11) is 0. The quantitative estimate of drug-likeness (QED) is 0.624. The van der Waals surface area contributed by atoms with Crippen LogP contribution in [0.2, 0.25) is 0 Å².